The lowest BCUT2D eigenvalue weighted by Crippen LogP contribution is -2.23. The highest BCUT2D eigenvalue weighted by Gasteiger charge is 2.09. The SMILES string of the molecule is O=C(NCc1ccc(Cl)cc1)c1cccc(NC(=O)c2cccnc2)c1. The third-order valence-electron chi connectivity index (χ3n) is 3.67. The number of anilines is 1. The Balaban J connectivity index is 1.63. The predicted molar refractivity (Wildman–Crippen MR) is 101 cm³/mol. The molecule has 0 radical (unpaired) electrons. The lowest BCUT2D eigenvalue weighted by molar-refractivity contribution is 0.0949. The van der Waals surface area contributed by atoms with Crippen LogP contribution in [0, 0.1) is 0 Å². The highest BCUT2D eigenvalue weighted by molar-refractivity contribution is 6.30. The third-order valence-corrected chi connectivity index (χ3v) is 3.92. The second-order valence-electron chi connectivity index (χ2n) is 5.59. The monoisotopic (exact) mass is 365 g/mol. The number of carbonyl (C=O) groups excluding carboxylic acids is 2. The molecule has 6 heteroatoms. The van der Waals surface area contributed by atoms with Crippen LogP contribution in [-0.4, -0.2) is 16.8 Å². The summed E-state index contributed by atoms with van der Waals surface area (Å²) in [6.07, 6.45) is 3.08. The van der Waals surface area contributed by atoms with Gasteiger partial charge in [0.1, 0.15) is 0 Å². The van der Waals surface area contributed by atoms with Gasteiger partial charge in [-0.3, -0.25) is 14.6 Å². The summed E-state index contributed by atoms with van der Waals surface area (Å²) in [6, 6.07) is 17.4. The van der Waals surface area contributed by atoms with Crippen molar-refractivity contribution >= 4 is 29.1 Å². The maximum absolute atomic E-state index is 12.3. The van der Waals surface area contributed by atoms with Crippen molar-refractivity contribution in [3.63, 3.8) is 0 Å². The lowest BCUT2D eigenvalue weighted by Gasteiger charge is -2.09. The van der Waals surface area contributed by atoms with E-state index in [0.29, 0.717) is 28.4 Å². The van der Waals surface area contributed by atoms with Crippen molar-refractivity contribution in [1.82, 2.24) is 10.3 Å². The fourth-order valence-electron chi connectivity index (χ4n) is 2.33. The predicted octanol–water partition coefficient (Wildman–Crippen LogP) is 3.92. The van der Waals surface area contributed by atoms with Gasteiger partial charge in [0.15, 0.2) is 0 Å². The van der Waals surface area contributed by atoms with E-state index in [-0.39, 0.29) is 11.8 Å². The highest BCUT2D eigenvalue weighted by Crippen LogP contribution is 2.13. The van der Waals surface area contributed by atoms with Crippen LogP contribution in [0.2, 0.25) is 5.02 Å². The Morgan fingerprint density at radius 3 is 2.42 bits per heavy atom. The molecule has 3 aromatic rings. The normalized spacial score (nSPS) is 10.2. The van der Waals surface area contributed by atoms with Crippen molar-refractivity contribution in [3.05, 3.63) is 94.8 Å². The molecule has 1 heterocycles. The Labute approximate surface area is 156 Å². The first-order chi connectivity index (χ1) is 12.6. The molecule has 0 fully saturated rings. The number of carbonyl (C=O) groups is 2. The van der Waals surface area contributed by atoms with Gasteiger partial charge in [0, 0.05) is 35.2 Å². The molecule has 1 aromatic heterocycles. The van der Waals surface area contributed by atoms with Gasteiger partial charge in [-0.2, -0.15) is 0 Å². The number of hydrogen-bond donors (Lipinski definition) is 2. The summed E-state index contributed by atoms with van der Waals surface area (Å²) in [5, 5.41) is 6.25. The summed E-state index contributed by atoms with van der Waals surface area (Å²) in [5.74, 6) is -0.505. The van der Waals surface area contributed by atoms with Crippen molar-refractivity contribution in [1.29, 1.82) is 0 Å². The lowest BCUT2D eigenvalue weighted by atomic mass is 10.1. The molecule has 0 saturated carbocycles. The van der Waals surface area contributed by atoms with Gasteiger partial charge in [0.25, 0.3) is 11.8 Å². The fourth-order valence-corrected chi connectivity index (χ4v) is 2.45. The second-order valence-corrected chi connectivity index (χ2v) is 6.02. The molecule has 0 atom stereocenters. The number of pyridine rings is 1. The van der Waals surface area contributed by atoms with Crippen LogP contribution >= 0.6 is 11.6 Å². The van der Waals surface area contributed by atoms with Crippen LogP contribution in [0.15, 0.2) is 73.1 Å². The highest BCUT2D eigenvalue weighted by atomic mass is 35.5. The number of amides is 2. The first-order valence-electron chi connectivity index (χ1n) is 7.96. The van der Waals surface area contributed by atoms with Crippen LogP contribution in [-0.2, 0) is 6.54 Å². The van der Waals surface area contributed by atoms with Gasteiger partial charge >= 0.3 is 0 Å². The largest absolute Gasteiger partial charge is 0.348 e. The molecule has 0 saturated heterocycles. The minimum Gasteiger partial charge on any atom is -0.348 e. The number of nitrogens with zero attached hydrogens (tertiary/aromatic N) is 1. The minimum atomic E-state index is -0.281. The fraction of sp³-hybridized carbons (Fsp3) is 0.0500. The molecule has 26 heavy (non-hydrogen) atoms. The maximum Gasteiger partial charge on any atom is 0.257 e. The van der Waals surface area contributed by atoms with Crippen molar-refractivity contribution in [2.45, 2.75) is 6.54 Å². The quantitative estimate of drug-likeness (QED) is 0.720. The average Bonchev–Trinajstić information content (AvgIpc) is 2.68. The Hall–Kier alpha value is -3.18. The number of hydrogen-bond acceptors (Lipinski definition) is 3. The van der Waals surface area contributed by atoms with Gasteiger partial charge in [0.05, 0.1) is 5.56 Å². The molecule has 0 aliphatic heterocycles. The van der Waals surface area contributed by atoms with E-state index < -0.39 is 0 Å². The van der Waals surface area contributed by atoms with Gasteiger partial charge in [-0.05, 0) is 48.0 Å². The summed E-state index contributed by atoms with van der Waals surface area (Å²) < 4.78 is 0. The zero-order valence-corrected chi connectivity index (χ0v) is 14.5. The number of halogens is 1. The van der Waals surface area contributed by atoms with Gasteiger partial charge in [-0.1, -0.05) is 29.8 Å². The van der Waals surface area contributed by atoms with Crippen LogP contribution in [0.5, 0.6) is 0 Å². The third kappa shape index (κ3) is 4.68. The molecule has 0 aliphatic rings. The first kappa shape index (κ1) is 17.6. The topological polar surface area (TPSA) is 71.1 Å². The van der Waals surface area contributed by atoms with Gasteiger partial charge < -0.3 is 10.6 Å². The van der Waals surface area contributed by atoms with Crippen molar-refractivity contribution in [3.8, 4) is 0 Å². The number of benzene rings is 2. The zero-order valence-electron chi connectivity index (χ0n) is 13.8. The molecule has 2 amide bonds. The van der Waals surface area contributed by atoms with Crippen LogP contribution in [0.3, 0.4) is 0 Å². The number of rotatable bonds is 5. The van der Waals surface area contributed by atoms with Gasteiger partial charge in [-0.15, -0.1) is 0 Å². The van der Waals surface area contributed by atoms with E-state index in [4.69, 9.17) is 11.6 Å². The molecule has 130 valence electrons. The molecular formula is C20H16ClN3O2. The van der Waals surface area contributed by atoms with E-state index in [9.17, 15) is 9.59 Å². The van der Waals surface area contributed by atoms with E-state index in [2.05, 4.69) is 15.6 Å². The van der Waals surface area contributed by atoms with Gasteiger partial charge in [-0.25, -0.2) is 0 Å². The molecule has 5 nitrogen and oxygen atoms in total. The summed E-state index contributed by atoms with van der Waals surface area (Å²) in [5.41, 5.74) is 2.40. The molecule has 0 bridgehead atoms. The molecule has 0 spiro atoms. The van der Waals surface area contributed by atoms with Crippen molar-refractivity contribution in [2.24, 2.45) is 0 Å². The summed E-state index contributed by atoms with van der Waals surface area (Å²) >= 11 is 5.85. The van der Waals surface area contributed by atoms with E-state index in [1.165, 1.54) is 6.20 Å². The smallest absolute Gasteiger partial charge is 0.257 e. The molecule has 2 N–H and O–H groups in total. The molecule has 0 unspecified atom stereocenters. The molecule has 2 aromatic carbocycles. The van der Waals surface area contributed by atoms with Gasteiger partial charge in [0.2, 0.25) is 0 Å². The van der Waals surface area contributed by atoms with Crippen molar-refractivity contribution in [2.75, 3.05) is 5.32 Å². The Bertz CT molecular complexity index is 912. The average molecular weight is 366 g/mol. The summed E-state index contributed by atoms with van der Waals surface area (Å²) in [4.78, 5) is 28.4. The maximum atomic E-state index is 12.3. The summed E-state index contributed by atoms with van der Waals surface area (Å²) in [6.45, 7) is 0.391. The first-order valence-corrected chi connectivity index (χ1v) is 8.34. The summed E-state index contributed by atoms with van der Waals surface area (Å²) in [7, 11) is 0. The van der Waals surface area contributed by atoms with E-state index >= 15 is 0 Å². The molecular weight excluding hydrogens is 350 g/mol. The van der Waals surface area contributed by atoms with Crippen LogP contribution in [0.25, 0.3) is 0 Å². The van der Waals surface area contributed by atoms with E-state index in [1.807, 2.05) is 12.1 Å². The van der Waals surface area contributed by atoms with Crippen LogP contribution in [0.4, 0.5) is 5.69 Å². The Kier molecular flexibility index (Phi) is 5.61. The van der Waals surface area contributed by atoms with E-state index in [0.717, 1.165) is 5.56 Å². The Morgan fingerprint density at radius 2 is 1.69 bits per heavy atom. The van der Waals surface area contributed by atoms with Crippen LogP contribution < -0.4 is 10.6 Å². The van der Waals surface area contributed by atoms with Crippen LogP contribution in [0.1, 0.15) is 26.3 Å². The minimum absolute atomic E-state index is 0.225. The zero-order chi connectivity index (χ0) is 18.4. The van der Waals surface area contributed by atoms with E-state index in [1.54, 1.807) is 54.7 Å². The molecule has 0 aliphatic carbocycles. The number of aromatic nitrogens is 1. The van der Waals surface area contributed by atoms with Crippen molar-refractivity contribution < 1.29 is 9.59 Å². The Morgan fingerprint density at radius 1 is 0.923 bits per heavy atom. The number of nitrogens with one attached hydrogen (secondary N) is 2. The second kappa shape index (κ2) is 8.27. The molecule has 3 rings (SSSR count). The standard InChI is InChI=1S/C20H16ClN3O2/c21-17-8-6-14(7-9-17)12-23-19(25)15-3-1-5-18(11-15)24-20(26)16-4-2-10-22-13-16/h1-11,13H,12H2,(H,23,25)(H,24,26).